The van der Waals surface area contributed by atoms with E-state index in [-0.39, 0.29) is 23.8 Å². The number of rotatable bonds is 1. The molecule has 0 aliphatic rings. The molecule has 0 aliphatic heterocycles. The van der Waals surface area contributed by atoms with Crippen LogP contribution in [-0.2, 0) is 9.84 Å². The van der Waals surface area contributed by atoms with E-state index in [1.807, 2.05) is 0 Å². The van der Waals surface area contributed by atoms with Crippen LogP contribution >= 0.6 is 15.9 Å². The molecule has 12 heavy (non-hydrogen) atoms. The fourth-order valence-corrected chi connectivity index (χ4v) is 1.46. The molecule has 0 fully saturated rings. The SMILES string of the molecule is [CH2-]S(=O)(=O)c1ccc(Br)cc1.[Li+]. The fourth-order valence-electron chi connectivity index (χ4n) is 0.642. The monoisotopic (exact) mass is 240 g/mol. The Morgan fingerprint density at radius 3 is 1.92 bits per heavy atom. The summed E-state index contributed by atoms with van der Waals surface area (Å²) in [4.78, 5) is 0.237. The van der Waals surface area contributed by atoms with Crippen molar-refractivity contribution in [1.29, 1.82) is 0 Å². The van der Waals surface area contributed by atoms with Gasteiger partial charge in [-0.3, -0.25) is 8.42 Å². The molecule has 0 spiro atoms. The van der Waals surface area contributed by atoms with Crippen molar-refractivity contribution >= 4 is 25.8 Å². The van der Waals surface area contributed by atoms with Crippen LogP contribution in [0.15, 0.2) is 33.6 Å². The third-order valence-electron chi connectivity index (χ3n) is 1.17. The van der Waals surface area contributed by atoms with Crippen molar-refractivity contribution in [3.8, 4) is 0 Å². The molecule has 1 aromatic rings. The van der Waals surface area contributed by atoms with Gasteiger partial charge < -0.3 is 0 Å². The van der Waals surface area contributed by atoms with Crippen molar-refractivity contribution in [2.45, 2.75) is 4.90 Å². The minimum atomic E-state index is -3.29. The molecule has 0 saturated carbocycles. The van der Waals surface area contributed by atoms with Gasteiger partial charge in [0.05, 0.1) is 0 Å². The molecular weight excluding hydrogens is 235 g/mol. The van der Waals surface area contributed by atoms with Crippen LogP contribution in [0.5, 0.6) is 0 Å². The summed E-state index contributed by atoms with van der Waals surface area (Å²) in [7, 11) is -3.29. The smallest absolute Gasteiger partial charge is 0.258 e. The van der Waals surface area contributed by atoms with Gasteiger partial charge in [0.25, 0.3) is 0 Å². The quantitative estimate of drug-likeness (QED) is 0.467. The fraction of sp³-hybridized carbons (Fsp3) is 0. The van der Waals surface area contributed by atoms with Crippen LogP contribution in [-0.4, -0.2) is 8.42 Å². The molecule has 5 heteroatoms. The van der Waals surface area contributed by atoms with Crippen LogP contribution in [0.4, 0.5) is 0 Å². The molecule has 0 amide bonds. The summed E-state index contributed by atoms with van der Waals surface area (Å²) < 4.78 is 22.5. The van der Waals surface area contributed by atoms with Crippen molar-refractivity contribution in [3.05, 3.63) is 35.0 Å². The number of benzene rings is 1. The van der Waals surface area contributed by atoms with Crippen molar-refractivity contribution in [2.75, 3.05) is 0 Å². The first-order valence-corrected chi connectivity index (χ1v) is 5.28. The zero-order chi connectivity index (χ0) is 8.48. The Bertz CT molecular complexity index is 344. The molecule has 2 nitrogen and oxygen atoms in total. The van der Waals surface area contributed by atoms with Crippen molar-refractivity contribution in [1.82, 2.24) is 0 Å². The molecule has 0 heterocycles. The molecule has 0 atom stereocenters. The van der Waals surface area contributed by atoms with E-state index in [9.17, 15) is 8.42 Å². The second kappa shape index (κ2) is 4.47. The van der Waals surface area contributed by atoms with Gasteiger partial charge >= 0.3 is 18.9 Å². The zero-order valence-electron chi connectivity index (χ0n) is 6.62. The summed E-state index contributed by atoms with van der Waals surface area (Å²) in [6.45, 7) is 0. The molecule has 0 saturated heterocycles. The molecule has 0 radical (unpaired) electrons. The number of hydrogen-bond acceptors (Lipinski definition) is 2. The van der Waals surface area contributed by atoms with Crippen LogP contribution < -0.4 is 18.9 Å². The molecular formula is C7H6BrLiO2S. The third kappa shape index (κ3) is 3.32. The Hall–Kier alpha value is 0.247. The summed E-state index contributed by atoms with van der Waals surface area (Å²) in [5.74, 6) is 0. The first kappa shape index (κ1) is 12.2. The number of halogens is 1. The second-order valence-electron chi connectivity index (χ2n) is 2.07. The van der Waals surface area contributed by atoms with Gasteiger partial charge in [0.2, 0.25) is 0 Å². The summed E-state index contributed by atoms with van der Waals surface area (Å²) in [6, 6.07) is 6.34. The van der Waals surface area contributed by atoms with E-state index in [4.69, 9.17) is 0 Å². The number of hydrogen-bond donors (Lipinski definition) is 0. The maximum atomic E-state index is 10.8. The second-order valence-corrected chi connectivity index (χ2v) is 4.69. The standard InChI is InChI=1S/C7H6BrO2S.Li/c1-11(9,10)7-4-2-6(8)3-5-7;/h2-5H,1H2;/q-1;+1. The maximum Gasteiger partial charge on any atom is 1.00 e. The van der Waals surface area contributed by atoms with Gasteiger partial charge in [0.1, 0.15) is 0 Å². The van der Waals surface area contributed by atoms with Gasteiger partial charge in [-0.15, -0.1) is 0 Å². The summed E-state index contributed by atoms with van der Waals surface area (Å²) in [6.07, 6.45) is 3.03. The van der Waals surface area contributed by atoms with Crippen molar-refractivity contribution in [2.24, 2.45) is 0 Å². The predicted molar refractivity (Wildman–Crippen MR) is 46.7 cm³/mol. The van der Waals surface area contributed by atoms with Gasteiger partial charge in [-0.1, -0.05) is 15.9 Å². The minimum absolute atomic E-state index is 0. The first-order chi connectivity index (χ1) is 5.00. The van der Waals surface area contributed by atoms with E-state index in [0.717, 1.165) is 4.47 Å². The summed E-state index contributed by atoms with van der Waals surface area (Å²) >= 11 is 3.20. The van der Waals surface area contributed by atoms with Gasteiger partial charge in [0.15, 0.2) is 0 Å². The zero-order valence-corrected chi connectivity index (χ0v) is 9.02. The molecule has 0 aliphatic carbocycles. The molecule has 0 bridgehead atoms. The molecule has 0 unspecified atom stereocenters. The Morgan fingerprint density at radius 2 is 1.58 bits per heavy atom. The molecule has 1 rings (SSSR count). The first-order valence-electron chi connectivity index (χ1n) is 2.84. The van der Waals surface area contributed by atoms with Gasteiger partial charge in [-0.2, -0.15) is 0 Å². The van der Waals surface area contributed by atoms with Crippen molar-refractivity contribution in [3.63, 3.8) is 0 Å². The topological polar surface area (TPSA) is 34.1 Å². The Labute approximate surface area is 92.6 Å². The average Bonchev–Trinajstić information content (AvgIpc) is 1.86. The van der Waals surface area contributed by atoms with Crippen LogP contribution in [0.25, 0.3) is 0 Å². The molecule has 0 N–H and O–H groups in total. The van der Waals surface area contributed by atoms with E-state index >= 15 is 0 Å². The van der Waals surface area contributed by atoms with E-state index < -0.39 is 9.84 Å². The van der Waals surface area contributed by atoms with Gasteiger partial charge in [-0.25, -0.2) is 6.26 Å². The number of sulfone groups is 1. The Morgan fingerprint density at radius 1 is 1.17 bits per heavy atom. The third-order valence-corrected chi connectivity index (χ3v) is 2.69. The van der Waals surface area contributed by atoms with Crippen LogP contribution in [0.1, 0.15) is 0 Å². The minimum Gasteiger partial charge on any atom is -0.258 e. The average molecular weight is 241 g/mol. The Balaban J connectivity index is 0.00000121. The molecule has 1 aromatic carbocycles. The van der Waals surface area contributed by atoms with E-state index in [1.54, 1.807) is 12.1 Å². The Kier molecular flexibility index (Phi) is 4.57. The van der Waals surface area contributed by atoms with Gasteiger partial charge in [-0.05, 0) is 24.3 Å². The van der Waals surface area contributed by atoms with Gasteiger partial charge in [0, 0.05) is 19.2 Å². The van der Waals surface area contributed by atoms with Crippen molar-refractivity contribution < 1.29 is 27.3 Å². The predicted octanol–water partition coefficient (Wildman–Crippen LogP) is -0.982. The summed E-state index contributed by atoms with van der Waals surface area (Å²) in [5, 5.41) is 0. The van der Waals surface area contributed by atoms with Crippen LogP contribution in [0, 0.1) is 6.26 Å². The summed E-state index contributed by atoms with van der Waals surface area (Å²) in [5.41, 5.74) is 0. The van der Waals surface area contributed by atoms with E-state index in [2.05, 4.69) is 22.2 Å². The van der Waals surface area contributed by atoms with E-state index in [1.165, 1.54) is 12.1 Å². The van der Waals surface area contributed by atoms with Crippen LogP contribution in [0.3, 0.4) is 0 Å². The van der Waals surface area contributed by atoms with Crippen LogP contribution in [0.2, 0.25) is 0 Å². The molecule has 60 valence electrons. The van der Waals surface area contributed by atoms with E-state index in [0.29, 0.717) is 0 Å². The largest absolute Gasteiger partial charge is 1.00 e. The normalized spacial score (nSPS) is 10.5. The maximum absolute atomic E-state index is 10.8. The molecule has 0 aromatic heterocycles.